The monoisotopic (exact) mass is 309 g/mol. The summed E-state index contributed by atoms with van der Waals surface area (Å²) in [5.41, 5.74) is 3.45. The van der Waals surface area contributed by atoms with Crippen molar-refractivity contribution >= 4 is 17.5 Å². The van der Waals surface area contributed by atoms with Gasteiger partial charge in [-0.25, -0.2) is 0 Å². The van der Waals surface area contributed by atoms with Crippen molar-refractivity contribution in [1.82, 2.24) is 10.3 Å². The molecule has 0 aliphatic heterocycles. The lowest BCUT2D eigenvalue weighted by atomic mass is 10.1. The van der Waals surface area contributed by atoms with Crippen LogP contribution >= 0.6 is 0 Å². The number of carbonyl (C=O) groups excluding carboxylic acids is 2. The molecule has 3 rings (SSSR count). The van der Waals surface area contributed by atoms with Crippen molar-refractivity contribution in [2.75, 3.05) is 5.32 Å². The van der Waals surface area contributed by atoms with Gasteiger partial charge in [0.05, 0.1) is 0 Å². The van der Waals surface area contributed by atoms with E-state index in [4.69, 9.17) is 0 Å². The molecular formula is C18H19N3O2. The highest BCUT2D eigenvalue weighted by molar-refractivity contribution is 6.05. The molecule has 0 saturated heterocycles. The molecule has 1 aromatic heterocycles. The van der Waals surface area contributed by atoms with E-state index >= 15 is 0 Å². The van der Waals surface area contributed by atoms with Crippen molar-refractivity contribution in [3.8, 4) is 0 Å². The molecule has 1 saturated carbocycles. The lowest BCUT2D eigenvalue weighted by molar-refractivity contribution is 0.0951. The van der Waals surface area contributed by atoms with Crippen LogP contribution in [0.25, 0.3) is 0 Å². The van der Waals surface area contributed by atoms with Gasteiger partial charge in [0.1, 0.15) is 5.69 Å². The van der Waals surface area contributed by atoms with Crippen LogP contribution in [0.3, 0.4) is 0 Å². The number of nitrogens with one attached hydrogen (secondary N) is 2. The van der Waals surface area contributed by atoms with Crippen LogP contribution in [0.4, 0.5) is 5.69 Å². The summed E-state index contributed by atoms with van der Waals surface area (Å²) in [6.45, 7) is 3.88. The zero-order chi connectivity index (χ0) is 16.4. The SMILES string of the molecule is Cc1cccc(C)c1NC(=O)c1cc(C(=O)NC2CC2)ccn1. The zero-order valence-corrected chi connectivity index (χ0v) is 13.2. The average molecular weight is 309 g/mol. The third-order valence-corrected chi connectivity index (χ3v) is 3.89. The summed E-state index contributed by atoms with van der Waals surface area (Å²) in [6, 6.07) is 9.25. The number of aromatic nitrogens is 1. The molecule has 0 radical (unpaired) electrons. The number of anilines is 1. The Bertz CT molecular complexity index is 746. The van der Waals surface area contributed by atoms with Gasteiger partial charge < -0.3 is 10.6 Å². The molecule has 23 heavy (non-hydrogen) atoms. The third kappa shape index (κ3) is 3.56. The van der Waals surface area contributed by atoms with Crippen molar-refractivity contribution in [3.63, 3.8) is 0 Å². The highest BCUT2D eigenvalue weighted by Crippen LogP contribution is 2.21. The average Bonchev–Trinajstić information content (AvgIpc) is 3.35. The van der Waals surface area contributed by atoms with Crippen molar-refractivity contribution in [3.05, 3.63) is 58.9 Å². The first-order chi connectivity index (χ1) is 11.0. The zero-order valence-electron chi connectivity index (χ0n) is 13.2. The van der Waals surface area contributed by atoms with Gasteiger partial charge in [-0.05, 0) is 49.9 Å². The normalized spacial score (nSPS) is 13.5. The Balaban J connectivity index is 1.78. The molecule has 5 heteroatoms. The maximum atomic E-state index is 12.4. The summed E-state index contributed by atoms with van der Waals surface area (Å²) in [4.78, 5) is 28.6. The first-order valence-electron chi connectivity index (χ1n) is 7.69. The Morgan fingerprint density at radius 3 is 2.43 bits per heavy atom. The highest BCUT2D eigenvalue weighted by Gasteiger charge is 2.24. The minimum absolute atomic E-state index is 0.156. The Morgan fingerprint density at radius 1 is 1.09 bits per heavy atom. The largest absolute Gasteiger partial charge is 0.349 e. The van der Waals surface area contributed by atoms with E-state index in [2.05, 4.69) is 15.6 Å². The van der Waals surface area contributed by atoms with Crippen LogP contribution in [0.15, 0.2) is 36.5 Å². The van der Waals surface area contributed by atoms with E-state index in [1.165, 1.54) is 12.3 Å². The second kappa shape index (κ2) is 6.20. The number of hydrogen-bond donors (Lipinski definition) is 2. The molecule has 2 amide bonds. The van der Waals surface area contributed by atoms with Crippen LogP contribution in [-0.2, 0) is 0 Å². The lowest BCUT2D eigenvalue weighted by Gasteiger charge is -2.11. The molecule has 1 aromatic carbocycles. The van der Waals surface area contributed by atoms with Gasteiger partial charge in [-0.2, -0.15) is 0 Å². The van der Waals surface area contributed by atoms with Crippen LogP contribution in [0.1, 0.15) is 44.8 Å². The van der Waals surface area contributed by atoms with E-state index in [9.17, 15) is 9.59 Å². The van der Waals surface area contributed by atoms with Gasteiger partial charge in [0, 0.05) is 23.5 Å². The number of para-hydroxylation sites is 1. The second-order valence-corrected chi connectivity index (χ2v) is 5.90. The van der Waals surface area contributed by atoms with Gasteiger partial charge in [0.25, 0.3) is 11.8 Å². The van der Waals surface area contributed by atoms with Crippen LogP contribution < -0.4 is 10.6 Å². The maximum Gasteiger partial charge on any atom is 0.274 e. The first kappa shape index (κ1) is 15.2. The fraction of sp³-hybridized carbons (Fsp3) is 0.278. The van der Waals surface area contributed by atoms with Crippen molar-refractivity contribution in [2.45, 2.75) is 32.7 Å². The van der Waals surface area contributed by atoms with Gasteiger partial charge in [0.15, 0.2) is 0 Å². The Morgan fingerprint density at radius 2 is 1.78 bits per heavy atom. The van der Waals surface area contributed by atoms with E-state index in [-0.39, 0.29) is 23.6 Å². The summed E-state index contributed by atoms with van der Waals surface area (Å²) in [7, 11) is 0. The molecule has 0 bridgehead atoms. The van der Waals surface area contributed by atoms with Crippen LogP contribution in [-0.4, -0.2) is 22.8 Å². The highest BCUT2D eigenvalue weighted by atomic mass is 16.2. The van der Waals surface area contributed by atoms with Crippen molar-refractivity contribution < 1.29 is 9.59 Å². The number of rotatable bonds is 4. The minimum atomic E-state index is -0.316. The van der Waals surface area contributed by atoms with Crippen LogP contribution in [0, 0.1) is 13.8 Å². The maximum absolute atomic E-state index is 12.4. The quantitative estimate of drug-likeness (QED) is 0.912. The van der Waals surface area contributed by atoms with Crippen molar-refractivity contribution in [1.29, 1.82) is 0 Å². The van der Waals surface area contributed by atoms with E-state index in [0.717, 1.165) is 29.7 Å². The Kier molecular flexibility index (Phi) is 4.10. The summed E-state index contributed by atoms with van der Waals surface area (Å²) in [5.74, 6) is -0.473. The molecule has 1 heterocycles. The third-order valence-electron chi connectivity index (χ3n) is 3.89. The standard InChI is InChI=1S/C18H19N3O2/c1-11-4-3-5-12(2)16(11)21-18(23)15-10-13(8-9-19-15)17(22)20-14-6-7-14/h3-5,8-10,14H,6-7H2,1-2H3,(H,20,22)(H,21,23). The topological polar surface area (TPSA) is 71.1 Å². The molecule has 0 unspecified atom stereocenters. The number of hydrogen-bond acceptors (Lipinski definition) is 3. The molecular weight excluding hydrogens is 290 g/mol. The van der Waals surface area contributed by atoms with Crippen LogP contribution in [0.2, 0.25) is 0 Å². The van der Waals surface area contributed by atoms with Gasteiger partial charge >= 0.3 is 0 Å². The summed E-state index contributed by atoms with van der Waals surface area (Å²) >= 11 is 0. The van der Waals surface area contributed by atoms with Gasteiger partial charge in [-0.15, -0.1) is 0 Å². The Hall–Kier alpha value is -2.69. The van der Waals surface area contributed by atoms with E-state index in [1.807, 2.05) is 32.0 Å². The number of benzene rings is 1. The fourth-order valence-corrected chi connectivity index (χ4v) is 2.38. The van der Waals surface area contributed by atoms with Gasteiger partial charge in [0.2, 0.25) is 0 Å². The molecule has 1 aliphatic rings. The summed E-state index contributed by atoms with van der Waals surface area (Å²) in [6.07, 6.45) is 3.54. The summed E-state index contributed by atoms with van der Waals surface area (Å²) in [5, 5.41) is 5.79. The molecule has 118 valence electrons. The van der Waals surface area contributed by atoms with Crippen LogP contribution in [0.5, 0.6) is 0 Å². The molecule has 1 fully saturated rings. The predicted molar refractivity (Wildman–Crippen MR) is 88.6 cm³/mol. The molecule has 1 aliphatic carbocycles. The predicted octanol–water partition coefficient (Wildman–Crippen LogP) is 2.84. The van der Waals surface area contributed by atoms with E-state index in [1.54, 1.807) is 6.07 Å². The molecule has 0 atom stereocenters. The number of aryl methyl sites for hydroxylation is 2. The van der Waals surface area contributed by atoms with Crippen molar-refractivity contribution in [2.24, 2.45) is 0 Å². The summed E-state index contributed by atoms with van der Waals surface area (Å²) < 4.78 is 0. The molecule has 2 N–H and O–H groups in total. The van der Waals surface area contributed by atoms with Gasteiger partial charge in [-0.1, -0.05) is 18.2 Å². The first-order valence-corrected chi connectivity index (χ1v) is 7.69. The smallest absolute Gasteiger partial charge is 0.274 e. The number of pyridine rings is 1. The number of amides is 2. The second-order valence-electron chi connectivity index (χ2n) is 5.90. The number of nitrogens with zero attached hydrogens (tertiary/aromatic N) is 1. The fourth-order valence-electron chi connectivity index (χ4n) is 2.38. The van der Waals surface area contributed by atoms with Gasteiger partial charge in [-0.3, -0.25) is 14.6 Å². The Labute approximate surface area is 135 Å². The van der Waals surface area contributed by atoms with E-state index < -0.39 is 0 Å². The number of carbonyl (C=O) groups is 2. The lowest BCUT2D eigenvalue weighted by Crippen LogP contribution is -2.26. The minimum Gasteiger partial charge on any atom is -0.349 e. The molecule has 0 spiro atoms. The molecule has 2 aromatic rings. The van der Waals surface area contributed by atoms with E-state index in [0.29, 0.717) is 5.56 Å². The molecule has 5 nitrogen and oxygen atoms in total.